The van der Waals surface area contributed by atoms with Gasteiger partial charge in [0.25, 0.3) is 17.7 Å². The van der Waals surface area contributed by atoms with E-state index in [1.54, 1.807) is 20.8 Å². The minimum atomic E-state index is -1.08. The zero-order valence-electron chi connectivity index (χ0n) is 86.1. The normalized spacial score (nSPS) is 14.8. The van der Waals surface area contributed by atoms with Crippen LogP contribution in [0.25, 0.3) is 0 Å². The molecule has 40 heteroatoms. The summed E-state index contributed by atoms with van der Waals surface area (Å²) < 4.78 is 1.66. The van der Waals surface area contributed by atoms with Gasteiger partial charge in [0.05, 0.1) is 40.9 Å². The van der Waals surface area contributed by atoms with Gasteiger partial charge in [0, 0.05) is 100 Å². The van der Waals surface area contributed by atoms with E-state index in [1.807, 2.05) is 151 Å². The van der Waals surface area contributed by atoms with Crippen molar-refractivity contribution >= 4 is 88.6 Å². The first-order chi connectivity index (χ1) is 65.1. The molecule has 0 spiro atoms. The number of nitrogens with zero attached hydrogens (tertiary/aromatic N) is 4. The van der Waals surface area contributed by atoms with E-state index < -0.39 is 114 Å². The molecule has 18 N–H and O–H groups in total. The Morgan fingerprint density at radius 2 is 0.572 bits per heavy atom. The number of nitriles is 1. The van der Waals surface area contributed by atoms with Crippen molar-refractivity contribution in [3.63, 3.8) is 0 Å². The minimum Gasteiger partial charge on any atom is -0.619 e. The van der Waals surface area contributed by atoms with E-state index in [0.29, 0.717) is 130 Å². The number of carbonyl (C=O) groups is 15. The number of hydrogen-bond donors (Lipinski definition) is 18. The van der Waals surface area contributed by atoms with Crippen LogP contribution in [0.3, 0.4) is 0 Å². The molecule has 0 bridgehead atoms. The Morgan fingerprint density at radius 3 is 0.862 bits per heavy atom. The van der Waals surface area contributed by atoms with Crippen molar-refractivity contribution < 1.29 is 86.1 Å². The number of pyridine rings is 3. The largest absolute Gasteiger partial charge is 0.619 e. The van der Waals surface area contributed by atoms with Gasteiger partial charge in [0.1, 0.15) is 54.4 Å². The average molecular weight is 1940 g/mol. The first-order valence-electron chi connectivity index (χ1n) is 49.3. The van der Waals surface area contributed by atoms with E-state index in [2.05, 4.69) is 95.7 Å². The van der Waals surface area contributed by atoms with Crippen molar-refractivity contribution in [3.05, 3.63) is 106 Å². The molecule has 40 nitrogen and oxygen atoms in total. The van der Waals surface area contributed by atoms with E-state index in [4.69, 9.17) is 5.26 Å². The van der Waals surface area contributed by atoms with Crippen molar-refractivity contribution in [2.45, 2.75) is 353 Å². The van der Waals surface area contributed by atoms with Crippen LogP contribution in [-0.2, 0) is 57.5 Å². The molecule has 15 amide bonds. The molecule has 776 valence electrons. The standard InChI is InChI=1S/C34H59N7O6.C32H52N8O6.C32H55N7O6/c1-10-13-27(38-34(46)29(23(8)11-2)40-31(43)25-14-16-41(47)17-15-25)33(45)37-26(18-21(4)5)20-36-24(9)30(42)39-28(19-22(6)7)32(44)35-12-3;1-8-11-25(38-31(44)26(12-10-15-33)37-29(42)23-13-16-40(46)17-14-23)30(43)36-24(18-20(3)4)19-35-22(7)28(41)39-27(21(5)6)32(45)34-9-2;1-9-13-26(37-32(44)27(21(7)10-2)38-29(41)23-14-16-39(45)17-15-23)31(43)35-24(18-20(5)6)19-34-22(8)28(40)36-25(11-3)30(42)33-12-4/h14-17,21-24,26-29,36H,10-13,18-20H2,1-9H3,(H,35,44)(H,37,45)(H,38,46)(H,39,42)(H,40,43);13-14,16-17,20-22,24-27,35H,8-12,18-19H2,1-7H3,(H,34,45)(H,36,43)(H,37,42)(H,38,44)(H,39,41);14-17,20-22,24-27,34H,9-13,18-19H2,1-8H3,(H,33,42)(H,35,43)(H,36,40)(H,37,44)(H,38,41)/t23-,24-,26-,27-,28-,29-;22-,24-,25-,26-,27-;21-,22-,24-,25-,26-,27-/m000/s1. The highest BCUT2D eigenvalue weighted by molar-refractivity contribution is 6.01. The number of carbonyl (C=O) groups excluding carboxylic acids is 15. The molecule has 0 saturated carbocycles. The smallest absolute Gasteiger partial charge is 0.252 e. The Labute approximate surface area is 817 Å². The molecule has 3 aromatic rings. The molecule has 0 fully saturated rings. The summed E-state index contributed by atoms with van der Waals surface area (Å²) in [5.41, 5.74) is 0.653. The molecule has 0 aromatic carbocycles. The van der Waals surface area contributed by atoms with Gasteiger partial charge in [-0.3, -0.25) is 71.9 Å². The number of amides is 15. The highest BCUT2D eigenvalue weighted by atomic mass is 16.5. The molecule has 3 rings (SSSR count). The van der Waals surface area contributed by atoms with Crippen LogP contribution in [0.2, 0.25) is 0 Å². The Kier molecular flexibility index (Phi) is 60.8. The molecule has 3 aromatic heterocycles. The molecular weight excluding hydrogens is 1770 g/mol. The number of likely N-dealkylation sites (N-methyl/N-ethyl adjacent to an activating group) is 3. The second-order valence-electron chi connectivity index (χ2n) is 37.3. The summed E-state index contributed by atoms with van der Waals surface area (Å²) >= 11 is 0. The minimum absolute atomic E-state index is 0.00651. The van der Waals surface area contributed by atoms with Crippen LogP contribution in [0.4, 0.5) is 0 Å². The van der Waals surface area contributed by atoms with Gasteiger partial charge < -0.3 is 111 Å². The molecule has 0 radical (unpaired) electrons. The summed E-state index contributed by atoms with van der Waals surface area (Å²) in [5, 5.41) is 95.0. The molecule has 0 aliphatic rings. The first kappa shape index (κ1) is 124. The van der Waals surface area contributed by atoms with Crippen LogP contribution >= 0.6 is 0 Å². The maximum atomic E-state index is 13.6. The quantitative estimate of drug-likeness (QED) is 0.0280. The van der Waals surface area contributed by atoms with Crippen LogP contribution in [0, 0.1) is 68.4 Å². The lowest BCUT2D eigenvalue weighted by Gasteiger charge is -2.29. The molecule has 17 atom stereocenters. The summed E-state index contributed by atoms with van der Waals surface area (Å²) in [7, 11) is 0. The van der Waals surface area contributed by atoms with Crippen molar-refractivity contribution in [2.24, 2.45) is 41.4 Å². The second-order valence-corrected chi connectivity index (χ2v) is 37.3. The molecule has 0 unspecified atom stereocenters. The zero-order chi connectivity index (χ0) is 105. The fourth-order valence-corrected chi connectivity index (χ4v) is 14.5. The summed E-state index contributed by atoms with van der Waals surface area (Å²) in [5.74, 6) is -5.60. The summed E-state index contributed by atoms with van der Waals surface area (Å²) in [6.45, 7) is 47.7. The monoisotopic (exact) mass is 1940 g/mol. The maximum Gasteiger partial charge on any atom is 0.252 e. The third kappa shape index (κ3) is 48.5. The van der Waals surface area contributed by atoms with Crippen LogP contribution in [0.15, 0.2) is 73.6 Å². The van der Waals surface area contributed by atoms with Crippen molar-refractivity contribution in [1.29, 1.82) is 5.26 Å². The lowest BCUT2D eigenvalue weighted by atomic mass is 9.97. The second kappa shape index (κ2) is 67.5. The lowest BCUT2D eigenvalue weighted by molar-refractivity contribution is -0.605. The maximum absolute atomic E-state index is 13.6. The Hall–Kier alpha value is -11.7. The lowest BCUT2D eigenvalue weighted by Crippen LogP contribution is -2.58. The van der Waals surface area contributed by atoms with Crippen molar-refractivity contribution in [1.82, 2.24) is 95.7 Å². The predicted molar refractivity (Wildman–Crippen MR) is 527 cm³/mol. The summed E-state index contributed by atoms with van der Waals surface area (Å²) in [6.07, 6.45) is 14.1. The summed E-state index contributed by atoms with van der Waals surface area (Å²) in [6, 6.07) is -0.247. The molecular formula is C98H166N22O18. The van der Waals surface area contributed by atoms with Gasteiger partial charge in [-0.25, -0.2) is 0 Å². The van der Waals surface area contributed by atoms with Gasteiger partial charge in [0.15, 0.2) is 37.2 Å². The predicted octanol–water partition coefficient (Wildman–Crippen LogP) is 4.01. The average Bonchev–Trinajstić information content (AvgIpc) is 0.854. The van der Waals surface area contributed by atoms with Gasteiger partial charge in [-0.2, -0.15) is 19.5 Å². The van der Waals surface area contributed by atoms with E-state index in [-0.39, 0.29) is 143 Å². The third-order valence-electron chi connectivity index (χ3n) is 22.7. The van der Waals surface area contributed by atoms with Crippen molar-refractivity contribution in [2.75, 3.05) is 39.3 Å². The molecule has 138 heavy (non-hydrogen) atoms. The Morgan fingerprint density at radius 1 is 0.297 bits per heavy atom. The zero-order valence-corrected chi connectivity index (χ0v) is 86.1. The van der Waals surface area contributed by atoms with Crippen LogP contribution < -0.4 is 110 Å². The number of nitrogens with one attached hydrogen (secondary N) is 18. The van der Waals surface area contributed by atoms with Gasteiger partial charge in [-0.05, 0) is 141 Å². The van der Waals surface area contributed by atoms with Gasteiger partial charge in [0.2, 0.25) is 70.9 Å². The van der Waals surface area contributed by atoms with Crippen LogP contribution in [0.1, 0.15) is 294 Å². The highest BCUT2D eigenvalue weighted by Crippen LogP contribution is 2.18. The van der Waals surface area contributed by atoms with E-state index in [1.165, 1.54) is 61.2 Å². The van der Waals surface area contributed by atoms with Crippen LogP contribution in [0.5, 0.6) is 0 Å². The highest BCUT2D eigenvalue weighted by Gasteiger charge is 2.37. The first-order valence-corrected chi connectivity index (χ1v) is 49.3. The van der Waals surface area contributed by atoms with E-state index in [0.717, 1.165) is 12.4 Å². The van der Waals surface area contributed by atoms with Gasteiger partial charge in [-0.15, -0.1) is 0 Å². The molecule has 0 aliphatic carbocycles. The summed E-state index contributed by atoms with van der Waals surface area (Å²) in [4.78, 5) is 195. The number of hydrogen-bond acceptors (Lipinski definition) is 22. The fraction of sp³-hybridized carbons (Fsp3) is 0.684. The fourth-order valence-electron chi connectivity index (χ4n) is 14.5. The number of rotatable bonds is 61. The van der Waals surface area contributed by atoms with Gasteiger partial charge in [-0.1, -0.05) is 157 Å². The molecule has 0 aliphatic heterocycles. The molecule has 0 saturated heterocycles. The number of aromatic nitrogens is 3. The Bertz CT molecular complexity index is 4270. The van der Waals surface area contributed by atoms with Gasteiger partial charge >= 0.3 is 0 Å². The van der Waals surface area contributed by atoms with Crippen LogP contribution in [-0.4, -0.2) is 219 Å². The SMILES string of the molecule is CCC[C@H](NC(=O)[C@@H](NC(=O)c1cc[n+]([O-])cc1)[C@@H](C)CC)C(=O)N[C@H](CN[C@@H](C)C(=O)N[C@@H](CC(C)C)C(=O)NCC)CC(C)C.CCC[C@H](NC(=O)[C@@H](NC(=O)c1cc[n+]([O-])cc1)[C@@H](C)CC)C(=O)N[C@H](CN[C@@H](C)C(=O)N[C@@H](CC)C(=O)NCC)CC(C)C.CCC[C@H](NC(=O)[C@H](CCC#N)NC(=O)c1cc[n+]([O-])cc1)C(=O)N[C@H](CN[C@@H](C)C(=O)N[C@H](C(=O)NCC)C(C)C)CC(C)C. The molecule has 3 heterocycles. The Balaban J connectivity index is 0.00000104. The van der Waals surface area contributed by atoms with E-state index in [9.17, 15) is 87.5 Å². The topological polar surface area (TPSA) is 577 Å². The van der Waals surface area contributed by atoms with E-state index >= 15 is 0 Å². The van der Waals surface area contributed by atoms with Crippen molar-refractivity contribution in [3.8, 4) is 6.07 Å². The third-order valence-corrected chi connectivity index (χ3v) is 22.7.